The first-order valence-corrected chi connectivity index (χ1v) is 7.65. The number of hydrogen-bond donors (Lipinski definition) is 3. The molecular weight excluding hydrogens is 260 g/mol. The molecule has 0 spiro atoms. The Morgan fingerprint density at radius 1 is 1.17 bits per heavy atom. The van der Waals surface area contributed by atoms with Crippen LogP contribution in [0.1, 0.15) is 19.3 Å². The molecule has 0 aliphatic carbocycles. The Hall–Kier alpha value is -1.31. The van der Waals surface area contributed by atoms with Crippen molar-refractivity contribution in [2.45, 2.75) is 19.3 Å². The molecule has 104 valence electrons. The molecule has 0 saturated carbocycles. The molecule has 0 aromatic carbocycles. The molecule has 8 heteroatoms. The quantitative estimate of drug-likeness (QED) is 0.632. The van der Waals surface area contributed by atoms with Crippen LogP contribution in [-0.4, -0.2) is 50.1 Å². The molecular formula is C10H18N2O5S. The Bertz CT molecular complexity index is 392. The topological polar surface area (TPSA) is 113 Å². The van der Waals surface area contributed by atoms with Gasteiger partial charge in [-0.1, -0.05) is 0 Å². The first kappa shape index (κ1) is 14.7. The zero-order valence-electron chi connectivity index (χ0n) is 10.0. The van der Waals surface area contributed by atoms with E-state index in [1.54, 1.807) is 0 Å². The third kappa shape index (κ3) is 5.85. The van der Waals surface area contributed by atoms with Crippen molar-refractivity contribution in [3.05, 3.63) is 0 Å². The Balaban J connectivity index is 2.14. The average Bonchev–Trinajstić information content (AvgIpc) is 2.27. The lowest BCUT2D eigenvalue weighted by atomic mass is 10.0. The van der Waals surface area contributed by atoms with Crippen LogP contribution in [0.2, 0.25) is 0 Å². The van der Waals surface area contributed by atoms with Crippen LogP contribution in [-0.2, 0) is 14.6 Å². The van der Waals surface area contributed by atoms with Crippen molar-refractivity contribution in [1.29, 1.82) is 0 Å². The van der Waals surface area contributed by atoms with Gasteiger partial charge in [0.2, 0.25) is 0 Å². The van der Waals surface area contributed by atoms with Crippen molar-refractivity contribution in [2.75, 3.05) is 24.6 Å². The molecule has 1 rings (SSSR count). The van der Waals surface area contributed by atoms with E-state index in [1.165, 1.54) is 0 Å². The number of rotatable bonds is 5. The summed E-state index contributed by atoms with van der Waals surface area (Å²) < 4.78 is 22.4. The van der Waals surface area contributed by atoms with Crippen LogP contribution >= 0.6 is 0 Å². The highest BCUT2D eigenvalue weighted by Gasteiger charge is 2.23. The second-order valence-corrected chi connectivity index (χ2v) is 6.68. The number of amides is 2. The van der Waals surface area contributed by atoms with E-state index in [4.69, 9.17) is 5.11 Å². The van der Waals surface area contributed by atoms with Crippen molar-refractivity contribution < 1.29 is 23.1 Å². The lowest BCUT2D eigenvalue weighted by molar-refractivity contribution is -0.136. The summed E-state index contributed by atoms with van der Waals surface area (Å²) in [5, 5.41) is 13.4. The fraction of sp³-hybridized carbons (Fsp3) is 0.800. The molecule has 1 fully saturated rings. The number of urea groups is 1. The van der Waals surface area contributed by atoms with E-state index in [1.807, 2.05) is 0 Å². The number of sulfone groups is 1. The van der Waals surface area contributed by atoms with Crippen molar-refractivity contribution in [3.8, 4) is 0 Å². The van der Waals surface area contributed by atoms with Gasteiger partial charge in [0.05, 0.1) is 17.9 Å². The SMILES string of the molecule is O=C(O)CCNC(=O)NCC1CCS(=O)(=O)CC1. The van der Waals surface area contributed by atoms with Gasteiger partial charge in [-0.05, 0) is 18.8 Å². The van der Waals surface area contributed by atoms with Gasteiger partial charge < -0.3 is 15.7 Å². The van der Waals surface area contributed by atoms with E-state index in [2.05, 4.69) is 10.6 Å². The summed E-state index contributed by atoms with van der Waals surface area (Å²) in [6.07, 6.45) is 1.02. The van der Waals surface area contributed by atoms with Crippen LogP contribution in [0.3, 0.4) is 0 Å². The number of hydrogen-bond acceptors (Lipinski definition) is 4. The minimum Gasteiger partial charge on any atom is -0.481 e. The van der Waals surface area contributed by atoms with Crippen molar-refractivity contribution in [1.82, 2.24) is 10.6 Å². The van der Waals surface area contributed by atoms with Crippen LogP contribution < -0.4 is 10.6 Å². The van der Waals surface area contributed by atoms with E-state index in [9.17, 15) is 18.0 Å². The maximum Gasteiger partial charge on any atom is 0.314 e. The highest BCUT2D eigenvalue weighted by molar-refractivity contribution is 7.91. The van der Waals surface area contributed by atoms with Crippen LogP contribution in [0.15, 0.2) is 0 Å². The van der Waals surface area contributed by atoms with Gasteiger partial charge in [0.25, 0.3) is 0 Å². The number of carboxylic acid groups (broad SMARTS) is 1. The molecule has 1 aliphatic rings. The molecule has 3 N–H and O–H groups in total. The fourth-order valence-electron chi connectivity index (χ4n) is 1.73. The molecule has 0 atom stereocenters. The third-order valence-corrected chi connectivity index (χ3v) is 4.57. The third-order valence-electron chi connectivity index (χ3n) is 2.85. The van der Waals surface area contributed by atoms with Gasteiger partial charge in [0, 0.05) is 13.1 Å². The highest BCUT2D eigenvalue weighted by Crippen LogP contribution is 2.17. The summed E-state index contributed by atoms with van der Waals surface area (Å²) >= 11 is 0. The van der Waals surface area contributed by atoms with Crippen LogP contribution in [0.25, 0.3) is 0 Å². The van der Waals surface area contributed by atoms with E-state index in [-0.39, 0.29) is 30.4 Å². The van der Waals surface area contributed by atoms with Gasteiger partial charge in [0.15, 0.2) is 0 Å². The normalized spacial score (nSPS) is 19.1. The molecule has 1 aliphatic heterocycles. The van der Waals surface area contributed by atoms with Crippen LogP contribution in [0.5, 0.6) is 0 Å². The first-order chi connectivity index (χ1) is 8.39. The summed E-state index contributed by atoms with van der Waals surface area (Å²) in [4.78, 5) is 21.5. The molecule has 0 aromatic rings. The summed E-state index contributed by atoms with van der Waals surface area (Å²) in [5.41, 5.74) is 0. The fourth-order valence-corrected chi connectivity index (χ4v) is 3.31. The van der Waals surface area contributed by atoms with E-state index < -0.39 is 21.8 Å². The number of carbonyl (C=O) groups excluding carboxylic acids is 1. The molecule has 0 bridgehead atoms. The number of carboxylic acids is 1. The second-order valence-electron chi connectivity index (χ2n) is 4.38. The number of aliphatic carboxylic acids is 1. The van der Waals surface area contributed by atoms with Gasteiger partial charge in [-0.2, -0.15) is 0 Å². The Morgan fingerprint density at radius 3 is 2.33 bits per heavy atom. The molecule has 7 nitrogen and oxygen atoms in total. The smallest absolute Gasteiger partial charge is 0.314 e. The van der Waals surface area contributed by atoms with Gasteiger partial charge in [0.1, 0.15) is 9.84 Å². The lowest BCUT2D eigenvalue weighted by Crippen LogP contribution is -2.40. The molecule has 0 unspecified atom stereocenters. The summed E-state index contributed by atoms with van der Waals surface area (Å²) in [6, 6.07) is -0.412. The van der Waals surface area contributed by atoms with Crippen molar-refractivity contribution in [3.63, 3.8) is 0 Å². The molecule has 0 aromatic heterocycles. The van der Waals surface area contributed by atoms with Crippen molar-refractivity contribution >= 4 is 21.8 Å². The number of carbonyl (C=O) groups is 2. The largest absolute Gasteiger partial charge is 0.481 e. The number of nitrogens with one attached hydrogen (secondary N) is 2. The minimum absolute atomic E-state index is 0.0835. The summed E-state index contributed by atoms with van der Waals surface area (Å²) in [7, 11) is -2.87. The second kappa shape index (κ2) is 6.58. The Morgan fingerprint density at radius 2 is 1.78 bits per heavy atom. The Labute approximate surface area is 106 Å². The molecule has 1 saturated heterocycles. The zero-order chi connectivity index (χ0) is 13.6. The molecule has 2 amide bonds. The summed E-state index contributed by atoms with van der Waals surface area (Å²) in [6.45, 7) is 0.509. The Kier molecular flexibility index (Phi) is 5.39. The van der Waals surface area contributed by atoms with Gasteiger partial charge in [-0.15, -0.1) is 0 Å². The standard InChI is InChI=1S/C10H18N2O5S/c13-9(14)1-4-11-10(15)12-7-8-2-5-18(16,17)6-3-8/h8H,1-7H2,(H,13,14)(H2,11,12,15). The maximum absolute atomic E-state index is 11.3. The minimum atomic E-state index is -2.87. The van der Waals surface area contributed by atoms with Crippen LogP contribution in [0.4, 0.5) is 4.79 Å². The van der Waals surface area contributed by atoms with Crippen LogP contribution in [0, 0.1) is 5.92 Å². The lowest BCUT2D eigenvalue weighted by Gasteiger charge is -2.22. The summed E-state index contributed by atoms with van der Waals surface area (Å²) in [5.74, 6) is -0.425. The predicted octanol–water partition coefficient (Wildman–Crippen LogP) is -0.415. The molecule has 1 heterocycles. The monoisotopic (exact) mass is 278 g/mol. The van der Waals surface area contributed by atoms with E-state index >= 15 is 0 Å². The molecule has 0 radical (unpaired) electrons. The van der Waals surface area contributed by atoms with Gasteiger partial charge in [-0.25, -0.2) is 13.2 Å². The zero-order valence-corrected chi connectivity index (χ0v) is 10.8. The highest BCUT2D eigenvalue weighted by atomic mass is 32.2. The van der Waals surface area contributed by atoms with Gasteiger partial charge in [-0.3, -0.25) is 4.79 Å². The maximum atomic E-state index is 11.3. The van der Waals surface area contributed by atoms with E-state index in [0.29, 0.717) is 19.4 Å². The average molecular weight is 278 g/mol. The van der Waals surface area contributed by atoms with Crippen molar-refractivity contribution in [2.24, 2.45) is 5.92 Å². The predicted molar refractivity (Wildman–Crippen MR) is 65.0 cm³/mol. The first-order valence-electron chi connectivity index (χ1n) is 5.83. The van der Waals surface area contributed by atoms with E-state index in [0.717, 1.165) is 0 Å². The molecule has 18 heavy (non-hydrogen) atoms. The van der Waals surface area contributed by atoms with Gasteiger partial charge >= 0.3 is 12.0 Å².